The predicted octanol–water partition coefficient (Wildman–Crippen LogP) is 3.92. The minimum Gasteiger partial charge on any atom is -0.455 e. The van der Waals surface area contributed by atoms with Crippen LogP contribution in [0.1, 0.15) is 17.7 Å². The molecule has 0 aliphatic carbocycles. The van der Waals surface area contributed by atoms with E-state index in [4.69, 9.17) is 14.5 Å². The number of thiophene rings is 1. The maximum absolute atomic E-state index is 12.4. The molecule has 1 atom stereocenters. The molecule has 1 aliphatic rings. The van der Waals surface area contributed by atoms with Crippen LogP contribution in [0.25, 0.3) is 21.1 Å². The molecule has 6 nitrogen and oxygen atoms in total. The molecular weight excluding hydrogens is 420 g/mol. The summed E-state index contributed by atoms with van der Waals surface area (Å²) in [6.45, 7) is 0.903. The van der Waals surface area contributed by atoms with E-state index in [0.717, 1.165) is 45.5 Å². The first-order valence-electron chi connectivity index (χ1n) is 9.82. The van der Waals surface area contributed by atoms with Crippen molar-refractivity contribution in [3.8, 4) is 21.1 Å². The Morgan fingerprint density at radius 2 is 2.07 bits per heavy atom. The van der Waals surface area contributed by atoms with Gasteiger partial charge in [-0.2, -0.15) is 0 Å². The van der Waals surface area contributed by atoms with Crippen molar-refractivity contribution < 1.29 is 19.1 Å². The average Bonchev–Trinajstić information content (AvgIpc) is 3.53. The van der Waals surface area contributed by atoms with Crippen molar-refractivity contribution in [2.45, 2.75) is 25.4 Å². The fraction of sp³-hybridized carbons (Fsp3) is 0.318. The van der Waals surface area contributed by atoms with Crippen molar-refractivity contribution in [1.82, 2.24) is 10.3 Å². The second-order valence-electron chi connectivity index (χ2n) is 6.91. The lowest BCUT2D eigenvalue weighted by Gasteiger charge is -2.10. The smallest absolute Gasteiger partial charge is 0.311 e. The molecule has 30 heavy (non-hydrogen) atoms. The number of amides is 1. The Hall–Kier alpha value is -2.55. The fourth-order valence-electron chi connectivity index (χ4n) is 3.19. The number of benzene rings is 1. The first-order valence-corrected chi connectivity index (χ1v) is 11.5. The molecule has 1 unspecified atom stereocenters. The van der Waals surface area contributed by atoms with Crippen LogP contribution >= 0.6 is 22.7 Å². The third-order valence-corrected chi connectivity index (χ3v) is 6.67. The van der Waals surface area contributed by atoms with Gasteiger partial charge < -0.3 is 14.8 Å². The maximum atomic E-state index is 12.4. The van der Waals surface area contributed by atoms with Crippen LogP contribution < -0.4 is 5.32 Å². The van der Waals surface area contributed by atoms with Gasteiger partial charge in [0.2, 0.25) is 0 Å². The third kappa shape index (κ3) is 5.33. The van der Waals surface area contributed by atoms with Crippen LogP contribution in [0.15, 0.2) is 47.8 Å². The number of nitrogens with zero attached hydrogens (tertiary/aromatic N) is 1. The van der Waals surface area contributed by atoms with E-state index in [-0.39, 0.29) is 25.0 Å². The molecule has 2 aromatic heterocycles. The molecule has 0 saturated carbocycles. The number of rotatable bonds is 8. The highest BCUT2D eigenvalue weighted by molar-refractivity contribution is 7.17. The highest BCUT2D eigenvalue weighted by atomic mass is 32.1. The lowest BCUT2D eigenvalue weighted by Crippen LogP contribution is -2.35. The van der Waals surface area contributed by atoms with E-state index in [1.807, 2.05) is 47.8 Å². The monoisotopic (exact) mass is 442 g/mol. The molecule has 1 aromatic carbocycles. The van der Waals surface area contributed by atoms with E-state index in [0.29, 0.717) is 6.54 Å². The van der Waals surface area contributed by atoms with Crippen LogP contribution in [0.5, 0.6) is 0 Å². The zero-order valence-corrected chi connectivity index (χ0v) is 18.0. The minimum atomic E-state index is -0.441. The van der Waals surface area contributed by atoms with E-state index >= 15 is 0 Å². The molecule has 1 saturated heterocycles. The Kier molecular flexibility index (Phi) is 6.88. The highest BCUT2D eigenvalue weighted by Gasteiger charge is 2.20. The molecule has 1 fully saturated rings. The maximum Gasteiger partial charge on any atom is 0.311 e. The molecule has 0 radical (unpaired) electrons. The minimum absolute atomic E-state index is 0.0617. The summed E-state index contributed by atoms with van der Waals surface area (Å²) in [6.07, 6.45) is 2.10. The van der Waals surface area contributed by atoms with Crippen molar-refractivity contribution >= 4 is 34.6 Å². The van der Waals surface area contributed by atoms with Crippen LogP contribution in [0.3, 0.4) is 0 Å². The second-order valence-corrected chi connectivity index (χ2v) is 8.94. The Bertz CT molecular complexity index is 980. The first kappa shape index (κ1) is 20.7. The standard InChI is InChI=1S/C22H22N2O4S2/c25-19(23-13-16-8-4-10-27-16)14-28-20(26)12-18-21(17-9-5-11-29-17)24-22(30-18)15-6-2-1-3-7-15/h1-3,5-7,9,11,16H,4,8,10,12-14H2,(H,23,25). The van der Waals surface area contributed by atoms with Crippen LogP contribution in [-0.4, -0.2) is 42.7 Å². The summed E-state index contributed by atoms with van der Waals surface area (Å²) in [4.78, 5) is 31.0. The lowest BCUT2D eigenvalue weighted by atomic mass is 10.2. The van der Waals surface area contributed by atoms with E-state index < -0.39 is 5.97 Å². The molecule has 1 aliphatic heterocycles. The van der Waals surface area contributed by atoms with Gasteiger partial charge in [0, 0.05) is 23.6 Å². The lowest BCUT2D eigenvalue weighted by molar-refractivity contribution is -0.147. The zero-order valence-electron chi connectivity index (χ0n) is 16.3. The zero-order chi connectivity index (χ0) is 20.8. The summed E-state index contributed by atoms with van der Waals surface area (Å²) in [7, 11) is 0. The van der Waals surface area contributed by atoms with Crippen LogP contribution in [-0.2, 0) is 25.5 Å². The van der Waals surface area contributed by atoms with Crippen LogP contribution in [0.4, 0.5) is 0 Å². The molecule has 1 N–H and O–H groups in total. The van der Waals surface area contributed by atoms with Crippen LogP contribution in [0, 0.1) is 0 Å². The molecule has 156 valence electrons. The molecular formula is C22H22N2O4S2. The summed E-state index contributed by atoms with van der Waals surface area (Å²) in [5.74, 6) is -0.755. The van der Waals surface area contributed by atoms with Gasteiger partial charge in [0.1, 0.15) is 5.01 Å². The van der Waals surface area contributed by atoms with Gasteiger partial charge in [0.25, 0.3) is 5.91 Å². The van der Waals surface area contributed by atoms with Crippen LogP contribution in [0.2, 0.25) is 0 Å². The van der Waals surface area contributed by atoms with Gasteiger partial charge in [-0.15, -0.1) is 22.7 Å². The van der Waals surface area contributed by atoms with Crippen molar-refractivity contribution in [3.63, 3.8) is 0 Å². The van der Waals surface area contributed by atoms with Gasteiger partial charge in [0.05, 0.1) is 23.1 Å². The number of ether oxygens (including phenoxy) is 2. The number of carbonyl (C=O) groups is 2. The van der Waals surface area contributed by atoms with Crippen molar-refractivity contribution in [3.05, 3.63) is 52.7 Å². The molecule has 1 amide bonds. The number of aromatic nitrogens is 1. The third-order valence-electron chi connectivity index (χ3n) is 4.69. The van der Waals surface area contributed by atoms with E-state index in [1.54, 1.807) is 11.3 Å². The topological polar surface area (TPSA) is 77.5 Å². The van der Waals surface area contributed by atoms with E-state index in [9.17, 15) is 9.59 Å². The summed E-state index contributed by atoms with van der Waals surface area (Å²) in [5.41, 5.74) is 1.81. The first-order chi connectivity index (χ1) is 14.7. The summed E-state index contributed by atoms with van der Waals surface area (Å²) >= 11 is 3.06. The van der Waals surface area contributed by atoms with E-state index in [2.05, 4.69) is 5.32 Å². The molecule has 4 rings (SSSR count). The Balaban J connectivity index is 1.38. The molecule has 3 aromatic rings. The number of carbonyl (C=O) groups excluding carboxylic acids is 2. The normalized spacial score (nSPS) is 15.8. The van der Waals surface area contributed by atoms with Gasteiger partial charge >= 0.3 is 5.97 Å². The van der Waals surface area contributed by atoms with Crippen molar-refractivity contribution in [2.75, 3.05) is 19.8 Å². The quantitative estimate of drug-likeness (QED) is 0.535. The van der Waals surface area contributed by atoms with E-state index in [1.165, 1.54) is 11.3 Å². The molecule has 0 bridgehead atoms. The largest absolute Gasteiger partial charge is 0.455 e. The summed E-state index contributed by atoms with van der Waals surface area (Å²) in [5, 5.41) is 5.59. The SMILES string of the molecule is O=C(COC(=O)Cc1sc(-c2ccccc2)nc1-c1cccs1)NCC1CCCO1. The number of nitrogens with one attached hydrogen (secondary N) is 1. The van der Waals surface area contributed by atoms with Gasteiger partial charge in [0.15, 0.2) is 6.61 Å². The van der Waals surface area contributed by atoms with Gasteiger partial charge in [-0.3, -0.25) is 9.59 Å². The summed E-state index contributed by atoms with van der Waals surface area (Å²) in [6, 6.07) is 13.8. The molecule has 3 heterocycles. The average molecular weight is 443 g/mol. The number of esters is 1. The molecule has 8 heteroatoms. The second kappa shape index (κ2) is 9.97. The number of hydrogen-bond acceptors (Lipinski definition) is 7. The number of hydrogen-bond donors (Lipinski definition) is 1. The summed E-state index contributed by atoms with van der Waals surface area (Å²) < 4.78 is 10.7. The Labute approximate surface area is 182 Å². The van der Waals surface area contributed by atoms with Gasteiger partial charge in [-0.25, -0.2) is 4.98 Å². The van der Waals surface area contributed by atoms with Crippen molar-refractivity contribution in [1.29, 1.82) is 0 Å². The predicted molar refractivity (Wildman–Crippen MR) is 118 cm³/mol. The Morgan fingerprint density at radius 3 is 2.80 bits per heavy atom. The van der Waals surface area contributed by atoms with Gasteiger partial charge in [-0.05, 0) is 24.3 Å². The fourth-order valence-corrected chi connectivity index (χ4v) is 5.07. The highest BCUT2D eigenvalue weighted by Crippen LogP contribution is 2.36. The van der Waals surface area contributed by atoms with Crippen molar-refractivity contribution in [2.24, 2.45) is 0 Å². The Morgan fingerprint density at radius 1 is 1.20 bits per heavy atom. The van der Waals surface area contributed by atoms with Gasteiger partial charge in [-0.1, -0.05) is 36.4 Å². The number of thiazole rings is 1. The molecule has 0 spiro atoms.